The van der Waals surface area contributed by atoms with Gasteiger partial charge in [-0.3, -0.25) is 8.37 Å². The van der Waals surface area contributed by atoms with Gasteiger partial charge in [-0.2, -0.15) is 16.8 Å². The second kappa shape index (κ2) is 10.4. The highest BCUT2D eigenvalue weighted by Gasteiger charge is 2.45. The molecule has 0 unspecified atom stereocenters. The summed E-state index contributed by atoms with van der Waals surface area (Å²) in [6, 6.07) is 12.4. The highest BCUT2D eigenvalue weighted by atomic mass is 32.2. The maximum absolute atomic E-state index is 12.8. The summed E-state index contributed by atoms with van der Waals surface area (Å²) in [4.78, 5) is -0.0462. The zero-order valence-corrected chi connectivity index (χ0v) is 20.3. The molecule has 10 nitrogen and oxygen atoms in total. The smallest absolute Gasteiger partial charge is 0.297 e. The number of hydrogen-bond donors (Lipinski definition) is 0. The molecule has 0 N–H and O–H groups in total. The van der Waals surface area contributed by atoms with Crippen LogP contribution in [0, 0.1) is 13.8 Å². The Labute approximate surface area is 198 Å². The normalized spacial score (nSPS) is 26.3. The van der Waals surface area contributed by atoms with Crippen molar-refractivity contribution < 1.29 is 44.1 Å². The van der Waals surface area contributed by atoms with Crippen LogP contribution < -0.4 is 0 Å². The predicted molar refractivity (Wildman–Crippen MR) is 118 cm³/mol. The lowest BCUT2D eigenvalue weighted by atomic mass is 10.0. The van der Waals surface area contributed by atoms with Crippen molar-refractivity contribution in [2.24, 2.45) is 0 Å². The SMILES string of the molecule is Cc1ccc(S(=O)(=O)O[C@H]2COCO[C@@H]2[C@H]2OCOC[C@H]2OS(=O)(=O)c2ccc(C)cc2)cc1. The Kier molecular flexibility index (Phi) is 7.69. The maximum Gasteiger partial charge on any atom is 0.297 e. The van der Waals surface area contributed by atoms with E-state index >= 15 is 0 Å². The van der Waals surface area contributed by atoms with Gasteiger partial charge in [0, 0.05) is 0 Å². The van der Waals surface area contributed by atoms with Crippen molar-refractivity contribution in [1.29, 1.82) is 0 Å². The van der Waals surface area contributed by atoms with Crippen molar-refractivity contribution in [3.63, 3.8) is 0 Å². The molecule has 2 fully saturated rings. The molecule has 2 aliphatic heterocycles. The van der Waals surface area contributed by atoms with Crippen LogP contribution in [-0.2, 0) is 47.5 Å². The minimum Gasteiger partial charge on any atom is -0.353 e. The monoisotopic (exact) mass is 514 g/mol. The standard InChI is InChI=1S/C22H26O10S2/c1-15-3-7-17(8-4-15)33(23,24)31-19-11-27-13-29-21(19)22-20(12-28-14-30-22)32-34(25,26)18-9-5-16(2)6-10-18/h3-10,19-22H,11-14H2,1-2H3/t19-,20+,21-,22-/m0/s1. The number of hydrogen-bond acceptors (Lipinski definition) is 10. The largest absolute Gasteiger partial charge is 0.353 e. The molecule has 12 heteroatoms. The van der Waals surface area contributed by atoms with E-state index in [1.54, 1.807) is 24.3 Å². The molecule has 2 aromatic carbocycles. The number of rotatable bonds is 7. The van der Waals surface area contributed by atoms with Crippen molar-refractivity contribution in [3.8, 4) is 0 Å². The van der Waals surface area contributed by atoms with E-state index in [4.69, 9.17) is 27.3 Å². The van der Waals surface area contributed by atoms with Gasteiger partial charge in [-0.25, -0.2) is 0 Å². The van der Waals surface area contributed by atoms with Gasteiger partial charge in [-0.1, -0.05) is 35.4 Å². The van der Waals surface area contributed by atoms with Crippen LogP contribution in [0.25, 0.3) is 0 Å². The average molecular weight is 515 g/mol. The lowest BCUT2D eigenvalue weighted by Gasteiger charge is -2.40. The number of aryl methyl sites for hydroxylation is 2. The van der Waals surface area contributed by atoms with Crippen LogP contribution in [0.1, 0.15) is 11.1 Å². The third kappa shape index (κ3) is 5.83. The van der Waals surface area contributed by atoms with Gasteiger partial charge in [0.15, 0.2) is 0 Å². The molecule has 0 aromatic heterocycles. The van der Waals surface area contributed by atoms with Gasteiger partial charge in [-0.15, -0.1) is 0 Å². The Morgan fingerprint density at radius 2 is 1.00 bits per heavy atom. The molecule has 0 spiro atoms. The maximum atomic E-state index is 12.8. The van der Waals surface area contributed by atoms with Crippen LogP contribution in [0.15, 0.2) is 58.3 Å². The summed E-state index contributed by atoms with van der Waals surface area (Å²) in [6.07, 6.45) is -4.18. The Hall–Kier alpha value is -1.90. The van der Waals surface area contributed by atoms with Crippen molar-refractivity contribution in [2.45, 2.75) is 48.1 Å². The van der Waals surface area contributed by atoms with Crippen molar-refractivity contribution in [3.05, 3.63) is 59.7 Å². The summed E-state index contributed by atoms with van der Waals surface area (Å²) >= 11 is 0. The highest BCUT2D eigenvalue weighted by molar-refractivity contribution is 7.87. The summed E-state index contributed by atoms with van der Waals surface area (Å²) in [7, 11) is -8.31. The predicted octanol–water partition coefficient (Wildman–Crippen LogP) is 1.90. The molecule has 0 amide bonds. The molecule has 2 aliphatic rings. The summed E-state index contributed by atoms with van der Waals surface area (Å²) < 4.78 is 84.0. The van der Waals surface area contributed by atoms with Crippen molar-refractivity contribution in [1.82, 2.24) is 0 Å². The number of ether oxygens (including phenoxy) is 4. The second-order valence-electron chi connectivity index (χ2n) is 8.04. The Morgan fingerprint density at radius 1 is 0.647 bits per heavy atom. The zero-order chi connectivity index (χ0) is 24.3. The summed E-state index contributed by atoms with van der Waals surface area (Å²) in [5.41, 5.74) is 1.79. The summed E-state index contributed by atoms with van der Waals surface area (Å²) in [5.74, 6) is 0. The number of benzene rings is 2. The van der Waals surface area contributed by atoms with Crippen LogP contribution >= 0.6 is 0 Å². The minimum absolute atomic E-state index is 0.0231. The van der Waals surface area contributed by atoms with E-state index in [1.165, 1.54) is 24.3 Å². The van der Waals surface area contributed by atoms with E-state index < -0.39 is 44.7 Å². The third-order valence-electron chi connectivity index (χ3n) is 5.43. The molecular weight excluding hydrogens is 488 g/mol. The molecule has 0 bridgehead atoms. The first-order valence-corrected chi connectivity index (χ1v) is 13.4. The fraction of sp³-hybridized carbons (Fsp3) is 0.455. The third-order valence-corrected chi connectivity index (χ3v) is 8.13. The fourth-order valence-corrected chi connectivity index (χ4v) is 5.75. The quantitative estimate of drug-likeness (QED) is 0.506. The topological polar surface area (TPSA) is 124 Å². The van der Waals surface area contributed by atoms with Crippen LogP contribution in [0.2, 0.25) is 0 Å². The van der Waals surface area contributed by atoms with Crippen LogP contribution in [0.4, 0.5) is 0 Å². The van der Waals surface area contributed by atoms with Crippen LogP contribution in [0.5, 0.6) is 0 Å². The van der Waals surface area contributed by atoms with Gasteiger partial charge in [-0.05, 0) is 38.1 Å². The van der Waals surface area contributed by atoms with Gasteiger partial charge in [0.25, 0.3) is 20.2 Å². The van der Waals surface area contributed by atoms with E-state index in [-0.39, 0.29) is 36.6 Å². The van der Waals surface area contributed by atoms with E-state index in [2.05, 4.69) is 0 Å². The molecule has 2 saturated heterocycles. The van der Waals surface area contributed by atoms with Gasteiger partial charge in [0.05, 0.1) is 23.0 Å². The van der Waals surface area contributed by atoms with E-state index in [0.717, 1.165) is 11.1 Å². The molecule has 2 aromatic rings. The van der Waals surface area contributed by atoms with Crippen LogP contribution in [-0.4, -0.2) is 68.1 Å². The van der Waals surface area contributed by atoms with Crippen LogP contribution in [0.3, 0.4) is 0 Å². The first-order chi connectivity index (χ1) is 16.2. The van der Waals surface area contributed by atoms with Crippen molar-refractivity contribution >= 4 is 20.2 Å². The molecule has 4 rings (SSSR count). The zero-order valence-electron chi connectivity index (χ0n) is 18.7. The van der Waals surface area contributed by atoms with Gasteiger partial charge in [0.1, 0.15) is 38.0 Å². The lowest BCUT2D eigenvalue weighted by molar-refractivity contribution is -0.269. The van der Waals surface area contributed by atoms with E-state index in [1.807, 2.05) is 13.8 Å². The Bertz CT molecular complexity index is 1080. The minimum atomic E-state index is -4.15. The van der Waals surface area contributed by atoms with Gasteiger partial charge in [0.2, 0.25) is 0 Å². The van der Waals surface area contributed by atoms with Crippen molar-refractivity contribution in [2.75, 3.05) is 26.8 Å². The molecule has 4 atom stereocenters. The van der Waals surface area contributed by atoms with Gasteiger partial charge >= 0.3 is 0 Å². The lowest BCUT2D eigenvalue weighted by Crippen LogP contribution is -2.57. The molecular formula is C22H26O10S2. The van der Waals surface area contributed by atoms with Gasteiger partial charge < -0.3 is 18.9 Å². The fourth-order valence-electron chi connectivity index (χ4n) is 3.61. The van der Waals surface area contributed by atoms with E-state index in [9.17, 15) is 16.8 Å². The molecule has 2 heterocycles. The highest BCUT2D eigenvalue weighted by Crippen LogP contribution is 2.28. The Morgan fingerprint density at radius 3 is 1.35 bits per heavy atom. The Balaban J connectivity index is 1.54. The first-order valence-electron chi connectivity index (χ1n) is 10.5. The summed E-state index contributed by atoms with van der Waals surface area (Å²) in [5, 5.41) is 0. The summed E-state index contributed by atoms with van der Waals surface area (Å²) in [6.45, 7) is 3.18. The molecule has 0 saturated carbocycles. The molecule has 34 heavy (non-hydrogen) atoms. The second-order valence-corrected chi connectivity index (χ2v) is 11.2. The molecule has 0 aliphatic carbocycles. The van der Waals surface area contributed by atoms with E-state index in [0.29, 0.717) is 0 Å². The first kappa shape index (κ1) is 25.2. The molecule has 0 radical (unpaired) electrons. The average Bonchev–Trinajstić information content (AvgIpc) is 2.80. The molecule has 186 valence electrons.